The molecule has 1 aliphatic carbocycles. The Balaban J connectivity index is 2.69. The van der Waals surface area contributed by atoms with E-state index in [1.54, 1.807) is 5.57 Å². The number of allylic oxidation sites excluding steroid dienone is 6. The SMILES string of the molecule is CCCC/C=C(\CC)C1=CCCC=C1C. The Morgan fingerprint density at radius 2 is 2.00 bits per heavy atom. The van der Waals surface area contributed by atoms with E-state index >= 15 is 0 Å². The number of rotatable bonds is 5. The summed E-state index contributed by atoms with van der Waals surface area (Å²) in [6.45, 7) is 6.76. The van der Waals surface area contributed by atoms with E-state index in [0.717, 1.165) is 0 Å². The molecule has 0 radical (unpaired) electrons. The first kappa shape index (κ1) is 12.3. The van der Waals surface area contributed by atoms with E-state index < -0.39 is 0 Å². The summed E-state index contributed by atoms with van der Waals surface area (Å²) < 4.78 is 0. The van der Waals surface area contributed by atoms with Crippen LogP contribution in [0.3, 0.4) is 0 Å². The fraction of sp³-hybridized carbons (Fsp3) is 0.600. The maximum atomic E-state index is 2.44. The van der Waals surface area contributed by atoms with Crippen LogP contribution in [0.5, 0.6) is 0 Å². The van der Waals surface area contributed by atoms with Crippen molar-refractivity contribution in [1.29, 1.82) is 0 Å². The second kappa shape index (κ2) is 6.66. The van der Waals surface area contributed by atoms with Gasteiger partial charge in [-0.2, -0.15) is 0 Å². The normalized spacial score (nSPS) is 17.4. The van der Waals surface area contributed by atoms with Crippen LogP contribution in [0, 0.1) is 0 Å². The zero-order chi connectivity index (χ0) is 11.1. The summed E-state index contributed by atoms with van der Waals surface area (Å²) in [6.07, 6.45) is 14.7. The third kappa shape index (κ3) is 3.70. The van der Waals surface area contributed by atoms with Gasteiger partial charge in [-0.25, -0.2) is 0 Å². The number of hydrogen-bond donors (Lipinski definition) is 0. The average Bonchev–Trinajstić information content (AvgIpc) is 2.26. The standard InChI is InChI=1S/C15H24/c1-4-6-7-11-14(5-2)15-12-9-8-10-13(15)3/h10-12H,4-9H2,1-3H3/b14-11+. The van der Waals surface area contributed by atoms with E-state index in [9.17, 15) is 0 Å². The van der Waals surface area contributed by atoms with Gasteiger partial charge in [0.1, 0.15) is 0 Å². The molecule has 0 amide bonds. The molecule has 0 bridgehead atoms. The Labute approximate surface area is 94.8 Å². The largest absolute Gasteiger partial charge is 0.0807 e. The van der Waals surface area contributed by atoms with E-state index in [1.165, 1.54) is 49.7 Å². The fourth-order valence-corrected chi connectivity index (χ4v) is 2.11. The van der Waals surface area contributed by atoms with Crippen molar-refractivity contribution in [3.8, 4) is 0 Å². The summed E-state index contributed by atoms with van der Waals surface area (Å²) in [6, 6.07) is 0. The summed E-state index contributed by atoms with van der Waals surface area (Å²) in [7, 11) is 0. The summed E-state index contributed by atoms with van der Waals surface area (Å²) in [4.78, 5) is 0. The van der Waals surface area contributed by atoms with Crippen LogP contribution in [0.1, 0.15) is 59.3 Å². The van der Waals surface area contributed by atoms with Gasteiger partial charge >= 0.3 is 0 Å². The van der Waals surface area contributed by atoms with Crippen LogP contribution in [0.4, 0.5) is 0 Å². The van der Waals surface area contributed by atoms with E-state index in [2.05, 4.69) is 39.0 Å². The van der Waals surface area contributed by atoms with Crippen molar-refractivity contribution in [3.05, 3.63) is 34.9 Å². The van der Waals surface area contributed by atoms with Crippen LogP contribution in [-0.4, -0.2) is 0 Å². The molecule has 0 N–H and O–H groups in total. The van der Waals surface area contributed by atoms with E-state index in [0.29, 0.717) is 0 Å². The lowest BCUT2D eigenvalue weighted by Gasteiger charge is -2.15. The molecule has 15 heavy (non-hydrogen) atoms. The Kier molecular flexibility index (Phi) is 5.45. The van der Waals surface area contributed by atoms with Crippen LogP contribution in [-0.2, 0) is 0 Å². The Morgan fingerprint density at radius 3 is 2.60 bits per heavy atom. The number of unbranched alkanes of at least 4 members (excludes halogenated alkanes) is 2. The van der Waals surface area contributed by atoms with Gasteiger partial charge in [0.05, 0.1) is 0 Å². The molecule has 0 aromatic rings. The predicted molar refractivity (Wildman–Crippen MR) is 69.0 cm³/mol. The van der Waals surface area contributed by atoms with Crippen molar-refractivity contribution in [2.75, 3.05) is 0 Å². The van der Waals surface area contributed by atoms with Crippen LogP contribution in [0.2, 0.25) is 0 Å². The van der Waals surface area contributed by atoms with Gasteiger partial charge in [0, 0.05) is 0 Å². The molecule has 1 aliphatic rings. The van der Waals surface area contributed by atoms with Gasteiger partial charge in [-0.15, -0.1) is 0 Å². The summed E-state index contributed by atoms with van der Waals surface area (Å²) in [5.74, 6) is 0. The molecule has 1 rings (SSSR count). The molecule has 0 heteroatoms. The van der Waals surface area contributed by atoms with E-state index in [-0.39, 0.29) is 0 Å². The van der Waals surface area contributed by atoms with Gasteiger partial charge in [0.15, 0.2) is 0 Å². The molecule has 0 fully saturated rings. The zero-order valence-electron chi connectivity index (χ0n) is 10.5. The molecule has 0 saturated carbocycles. The smallest absolute Gasteiger partial charge is 0.0242 e. The highest BCUT2D eigenvalue weighted by molar-refractivity contribution is 5.46. The van der Waals surface area contributed by atoms with Gasteiger partial charge in [-0.3, -0.25) is 0 Å². The van der Waals surface area contributed by atoms with Crippen LogP contribution in [0.25, 0.3) is 0 Å². The maximum absolute atomic E-state index is 2.44. The second-order valence-corrected chi connectivity index (χ2v) is 4.31. The lowest BCUT2D eigenvalue weighted by Crippen LogP contribution is -1.95. The van der Waals surface area contributed by atoms with Gasteiger partial charge in [-0.1, -0.05) is 44.9 Å². The Bertz CT molecular complexity index is 276. The molecule has 0 heterocycles. The molecule has 84 valence electrons. The minimum absolute atomic E-state index is 1.17. The molecule has 0 atom stereocenters. The van der Waals surface area contributed by atoms with Crippen molar-refractivity contribution < 1.29 is 0 Å². The van der Waals surface area contributed by atoms with Crippen LogP contribution < -0.4 is 0 Å². The average molecular weight is 204 g/mol. The molecule has 0 nitrogen and oxygen atoms in total. The minimum atomic E-state index is 1.17. The molecule has 0 spiro atoms. The molecule has 0 saturated heterocycles. The van der Waals surface area contributed by atoms with Crippen LogP contribution in [0.15, 0.2) is 34.9 Å². The lowest BCUT2D eigenvalue weighted by molar-refractivity contribution is 0.808. The summed E-state index contributed by atoms with van der Waals surface area (Å²) in [5, 5.41) is 0. The highest BCUT2D eigenvalue weighted by Gasteiger charge is 2.07. The van der Waals surface area contributed by atoms with Crippen molar-refractivity contribution in [1.82, 2.24) is 0 Å². The first-order valence-electron chi connectivity index (χ1n) is 6.36. The van der Waals surface area contributed by atoms with Crippen molar-refractivity contribution in [3.63, 3.8) is 0 Å². The minimum Gasteiger partial charge on any atom is -0.0807 e. The highest BCUT2D eigenvalue weighted by Crippen LogP contribution is 2.27. The monoisotopic (exact) mass is 204 g/mol. The number of hydrogen-bond acceptors (Lipinski definition) is 0. The first-order chi connectivity index (χ1) is 7.29. The Hall–Kier alpha value is -0.780. The predicted octanol–water partition coefficient (Wildman–Crippen LogP) is 5.18. The Morgan fingerprint density at radius 1 is 1.27 bits per heavy atom. The molecular formula is C15H24. The third-order valence-corrected chi connectivity index (χ3v) is 3.07. The highest BCUT2D eigenvalue weighted by atomic mass is 14.1. The quantitative estimate of drug-likeness (QED) is 0.541. The van der Waals surface area contributed by atoms with Crippen molar-refractivity contribution in [2.45, 2.75) is 59.3 Å². The molecule has 0 aliphatic heterocycles. The van der Waals surface area contributed by atoms with Gasteiger partial charge in [0.25, 0.3) is 0 Å². The third-order valence-electron chi connectivity index (χ3n) is 3.07. The molecular weight excluding hydrogens is 180 g/mol. The molecule has 0 aromatic heterocycles. The maximum Gasteiger partial charge on any atom is -0.0242 e. The van der Waals surface area contributed by atoms with E-state index in [1.807, 2.05) is 0 Å². The summed E-state index contributed by atoms with van der Waals surface area (Å²) in [5.41, 5.74) is 4.54. The molecule has 0 unspecified atom stereocenters. The summed E-state index contributed by atoms with van der Waals surface area (Å²) >= 11 is 0. The zero-order valence-corrected chi connectivity index (χ0v) is 10.5. The van der Waals surface area contributed by atoms with Gasteiger partial charge in [-0.05, 0) is 49.3 Å². The fourth-order valence-electron chi connectivity index (χ4n) is 2.11. The topological polar surface area (TPSA) is 0 Å². The van der Waals surface area contributed by atoms with Crippen molar-refractivity contribution >= 4 is 0 Å². The van der Waals surface area contributed by atoms with Crippen molar-refractivity contribution in [2.24, 2.45) is 0 Å². The van der Waals surface area contributed by atoms with Gasteiger partial charge < -0.3 is 0 Å². The molecule has 0 aromatic carbocycles. The second-order valence-electron chi connectivity index (χ2n) is 4.31. The van der Waals surface area contributed by atoms with E-state index in [4.69, 9.17) is 0 Å². The first-order valence-corrected chi connectivity index (χ1v) is 6.36. The van der Waals surface area contributed by atoms with Gasteiger partial charge in [0.2, 0.25) is 0 Å². The lowest BCUT2D eigenvalue weighted by atomic mass is 9.90. The van der Waals surface area contributed by atoms with Crippen LogP contribution >= 0.6 is 0 Å².